The van der Waals surface area contributed by atoms with Crippen LogP contribution in [0.2, 0.25) is 0 Å². The number of fused-ring (bicyclic) bond motifs is 1. The fourth-order valence-electron chi connectivity index (χ4n) is 2.34. The third-order valence-corrected chi connectivity index (χ3v) is 3.41. The van der Waals surface area contributed by atoms with Gasteiger partial charge in [-0.15, -0.1) is 0 Å². The van der Waals surface area contributed by atoms with E-state index in [0.717, 1.165) is 11.0 Å². The monoisotopic (exact) mass is 286 g/mol. The number of furan rings is 1. The molecule has 2 aromatic carbocycles. The Morgan fingerprint density at radius 3 is 2.67 bits per heavy atom. The molecule has 0 saturated heterocycles. The molecule has 21 heavy (non-hydrogen) atoms. The molecule has 0 bridgehead atoms. The van der Waals surface area contributed by atoms with Crippen molar-refractivity contribution >= 4 is 11.0 Å². The molecule has 0 aliphatic carbocycles. The summed E-state index contributed by atoms with van der Waals surface area (Å²) in [6.45, 7) is 0. The normalized spacial score (nSPS) is 12.5. The summed E-state index contributed by atoms with van der Waals surface area (Å²) in [7, 11) is 1.49. The van der Waals surface area contributed by atoms with Crippen LogP contribution in [-0.2, 0) is 0 Å². The Morgan fingerprint density at radius 1 is 1.19 bits per heavy atom. The van der Waals surface area contributed by atoms with Gasteiger partial charge in [0.15, 0.2) is 0 Å². The van der Waals surface area contributed by atoms with E-state index in [2.05, 4.69) is 5.43 Å². The summed E-state index contributed by atoms with van der Waals surface area (Å²) in [6.07, 6.45) is 0. The lowest BCUT2D eigenvalue weighted by molar-refractivity contribution is 0.408. The van der Waals surface area contributed by atoms with Crippen molar-refractivity contribution in [3.8, 4) is 5.75 Å². The van der Waals surface area contributed by atoms with E-state index in [4.69, 9.17) is 15.0 Å². The number of para-hydroxylation sites is 1. The third-order valence-electron chi connectivity index (χ3n) is 3.41. The van der Waals surface area contributed by atoms with Crippen LogP contribution in [0.25, 0.3) is 11.0 Å². The van der Waals surface area contributed by atoms with Gasteiger partial charge in [0.1, 0.15) is 29.0 Å². The zero-order valence-corrected chi connectivity index (χ0v) is 11.5. The van der Waals surface area contributed by atoms with Crippen molar-refractivity contribution in [1.82, 2.24) is 5.43 Å². The van der Waals surface area contributed by atoms with E-state index in [-0.39, 0.29) is 0 Å². The van der Waals surface area contributed by atoms with Crippen molar-refractivity contribution in [2.24, 2.45) is 5.84 Å². The SMILES string of the molecule is COc1ccc(C(NN)c2cc3ccccc3o2)c(F)c1. The first-order valence-corrected chi connectivity index (χ1v) is 6.51. The van der Waals surface area contributed by atoms with Crippen molar-refractivity contribution in [2.75, 3.05) is 7.11 Å². The van der Waals surface area contributed by atoms with E-state index in [9.17, 15) is 4.39 Å². The lowest BCUT2D eigenvalue weighted by Crippen LogP contribution is -2.29. The summed E-state index contributed by atoms with van der Waals surface area (Å²) in [5.74, 6) is 6.20. The minimum Gasteiger partial charge on any atom is -0.497 e. The molecule has 0 spiro atoms. The van der Waals surface area contributed by atoms with Crippen LogP contribution in [-0.4, -0.2) is 7.11 Å². The Morgan fingerprint density at radius 2 is 2.00 bits per heavy atom. The first kappa shape index (κ1) is 13.6. The van der Waals surface area contributed by atoms with Crippen LogP contribution in [0.3, 0.4) is 0 Å². The molecule has 0 saturated carbocycles. The fraction of sp³-hybridized carbons (Fsp3) is 0.125. The zero-order chi connectivity index (χ0) is 14.8. The molecule has 3 N–H and O–H groups in total. The molecule has 3 aromatic rings. The smallest absolute Gasteiger partial charge is 0.134 e. The second kappa shape index (κ2) is 5.55. The van der Waals surface area contributed by atoms with Gasteiger partial charge in [-0.2, -0.15) is 0 Å². The number of hydrogen-bond acceptors (Lipinski definition) is 4. The summed E-state index contributed by atoms with van der Waals surface area (Å²) in [5.41, 5.74) is 3.74. The molecule has 1 unspecified atom stereocenters. The van der Waals surface area contributed by atoms with Gasteiger partial charge in [0.2, 0.25) is 0 Å². The molecule has 0 fully saturated rings. The highest BCUT2D eigenvalue weighted by Gasteiger charge is 2.21. The Labute approximate surface area is 121 Å². The predicted molar refractivity (Wildman–Crippen MR) is 78.3 cm³/mol. The number of nitrogens with one attached hydrogen (secondary N) is 1. The number of hydrogen-bond donors (Lipinski definition) is 2. The second-order valence-corrected chi connectivity index (χ2v) is 4.67. The highest BCUT2D eigenvalue weighted by Crippen LogP contribution is 2.30. The first-order chi connectivity index (χ1) is 10.2. The van der Waals surface area contributed by atoms with E-state index >= 15 is 0 Å². The first-order valence-electron chi connectivity index (χ1n) is 6.51. The summed E-state index contributed by atoms with van der Waals surface area (Å²) in [4.78, 5) is 0. The fourth-order valence-corrected chi connectivity index (χ4v) is 2.34. The van der Waals surface area contributed by atoms with E-state index in [1.807, 2.05) is 30.3 Å². The predicted octanol–water partition coefficient (Wildman–Crippen LogP) is 3.13. The average molecular weight is 286 g/mol. The van der Waals surface area contributed by atoms with Crippen molar-refractivity contribution in [3.05, 3.63) is 65.7 Å². The van der Waals surface area contributed by atoms with Crippen LogP contribution in [0, 0.1) is 5.82 Å². The Balaban J connectivity index is 2.05. The minimum absolute atomic E-state index is 0.400. The number of benzene rings is 2. The molecular weight excluding hydrogens is 271 g/mol. The topological polar surface area (TPSA) is 60.4 Å². The van der Waals surface area contributed by atoms with Gasteiger partial charge in [-0.05, 0) is 18.2 Å². The quantitative estimate of drug-likeness (QED) is 0.571. The van der Waals surface area contributed by atoms with Crippen molar-refractivity contribution in [2.45, 2.75) is 6.04 Å². The summed E-state index contributed by atoms with van der Waals surface area (Å²) in [6, 6.07) is 13.5. The Kier molecular flexibility index (Phi) is 3.60. The maximum absolute atomic E-state index is 14.2. The van der Waals surface area contributed by atoms with Crippen LogP contribution < -0.4 is 16.0 Å². The number of ether oxygens (including phenoxy) is 1. The van der Waals surface area contributed by atoms with Gasteiger partial charge < -0.3 is 9.15 Å². The standard InChI is InChI=1S/C16H15FN2O2/c1-20-11-6-7-12(13(17)9-11)16(19-18)15-8-10-4-2-3-5-14(10)21-15/h2-9,16,19H,18H2,1H3. The van der Waals surface area contributed by atoms with Gasteiger partial charge in [0.05, 0.1) is 7.11 Å². The minimum atomic E-state index is -0.566. The van der Waals surface area contributed by atoms with Gasteiger partial charge in [-0.1, -0.05) is 24.3 Å². The largest absolute Gasteiger partial charge is 0.497 e. The van der Waals surface area contributed by atoms with Crippen molar-refractivity contribution in [3.63, 3.8) is 0 Å². The lowest BCUT2D eigenvalue weighted by atomic mass is 10.0. The van der Waals surface area contributed by atoms with Crippen molar-refractivity contribution < 1.29 is 13.5 Å². The number of halogens is 1. The molecule has 1 atom stereocenters. The molecule has 0 aliphatic rings. The lowest BCUT2D eigenvalue weighted by Gasteiger charge is -2.15. The molecule has 108 valence electrons. The summed E-state index contributed by atoms with van der Waals surface area (Å²) < 4.78 is 24.9. The second-order valence-electron chi connectivity index (χ2n) is 4.67. The van der Waals surface area contributed by atoms with Gasteiger partial charge in [-0.25, -0.2) is 9.82 Å². The van der Waals surface area contributed by atoms with Gasteiger partial charge in [0, 0.05) is 17.0 Å². The van der Waals surface area contributed by atoms with Gasteiger partial charge in [0.25, 0.3) is 0 Å². The molecule has 1 heterocycles. The molecule has 0 radical (unpaired) electrons. The van der Waals surface area contributed by atoms with Crippen LogP contribution in [0.1, 0.15) is 17.4 Å². The maximum atomic E-state index is 14.2. The van der Waals surface area contributed by atoms with E-state index in [0.29, 0.717) is 17.1 Å². The number of hydrazine groups is 1. The number of methoxy groups -OCH3 is 1. The summed E-state index contributed by atoms with van der Waals surface area (Å²) in [5, 5.41) is 0.946. The third kappa shape index (κ3) is 2.49. The van der Waals surface area contributed by atoms with Crippen LogP contribution in [0.4, 0.5) is 4.39 Å². The average Bonchev–Trinajstić information content (AvgIpc) is 2.93. The molecule has 1 aromatic heterocycles. The molecule has 3 rings (SSSR count). The van der Waals surface area contributed by atoms with Gasteiger partial charge >= 0.3 is 0 Å². The highest BCUT2D eigenvalue weighted by molar-refractivity contribution is 5.78. The molecule has 4 nitrogen and oxygen atoms in total. The highest BCUT2D eigenvalue weighted by atomic mass is 19.1. The van der Waals surface area contributed by atoms with Crippen LogP contribution in [0.5, 0.6) is 5.75 Å². The Hall–Kier alpha value is -2.37. The maximum Gasteiger partial charge on any atom is 0.134 e. The van der Waals surface area contributed by atoms with E-state index in [1.54, 1.807) is 12.1 Å². The zero-order valence-electron chi connectivity index (χ0n) is 11.5. The molecular formula is C16H15FN2O2. The van der Waals surface area contributed by atoms with Crippen LogP contribution in [0.15, 0.2) is 52.9 Å². The molecule has 5 heteroatoms. The number of nitrogens with two attached hydrogens (primary N) is 1. The Bertz CT molecular complexity index is 737. The van der Waals surface area contributed by atoms with E-state index in [1.165, 1.54) is 13.2 Å². The summed E-state index contributed by atoms with van der Waals surface area (Å²) >= 11 is 0. The molecule has 0 aliphatic heterocycles. The molecule has 0 amide bonds. The van der Waals surface area contributed by atoms with Crippen LogP contribution >= 0.6 is 0 Å². The van der Waals surface area contributed by atoms with Crippen molar-refractivity contribution in [1.29, 1.82) is 0 Å². The van der Waals surface area contributed by atoms with Gasteiger partial charge in [-0.3, -0.25) is 5.84 Å². The van der Waals surface area contributed by atoms with E-state index < -0.39 is 11.9 Å². The number of rotatable bonds is 4.